The summed E-state index contributed by atoms with van der Waals surface area (Å²) < 4.78 is 0. The van der Waals surface area contributed by atoms with Crippen molar-refractivity contribution in [2.24, 2.45) is 5.41 Å². The van der Waals surface area contributed by atoms with Gasteiger partial charge in [0.2, 0.25) is 0 Å². The molecule has 4 heteroatoms. The lowest BCUT2D eigenvalue weighted by atomic mass is 9.92. The van der Waals surface area contributed by atoms with Gasteiger partial charge in [-0.05, 0) is 5.41 Å². The molecule has 1 rings (SSSR count). The summed E-state index contributed by atoms with van der Waals surface area (Å²) in [5.41, 5.74) is 0.433. The third-order valence-electron chi connectivity index (χ3n) is 1.54. The van der Waals surface area contributed by atoms with E-state index in [0.29, 0.717) is 17.1 Å². The maximum Gasteiger partial charge on any atom is 0.171 e. The minimum atomic E-state index is 0.140. The van der Waals surface area contributed by atoms with Gasteiger partial charge in [-0.1, -0.05) is 32.4 Å². The normalized spacial score (nSPS) is 11.7. The molecular formula is C9H13ClN2O. The molecule has 0 unspecified atom stereocenters. The second kappa shape index (κ2) is 3.50. The highest BCUT2D eigenvalue weighted by Gasteiger charge is 2.15. The molecule has 0 amide bonds. The van der Waals surface area contributed by atoms with Gasteiger partial charge in [0.05, 0.1) is 0 Å². The number of carbonyl (C=O) groups excluding carboxylic acids is 1. The van der Waals surface area contributed by atoms with Crippen molar-refractivity contribution >= 4 is 17.9 Å². The molecule has 0 fully saturated rings. The first kappa shape index (κ1) is 10.3. The van der Waals surface area contributed by atoms with Crippen molar-refractivity contribution in [3.63, 3.8) is 0 Å². The molecule has 0 aliphatic carbocycles. The topological polar surface area (TPSA) is 45.8 Å². The summed E-state index contributed by atoms with van der Waals surface area (Å²) in [7, 11) is 0. The maximum atomic E-state index is 10.4. The van der Waals surface area contributed by atoms with Crippen LogP contribution in [0.2, 0.25) is 5.15 Å². The highest BCUT2D eigenvalue weighted by Crippen LogP contribution is 2.20. The molecule has 72 valence electrons. The van der Waals surface area contributed by atoms with Crippen molar-refractivity contribution in [3.05, 3.63) is 16.7 Å². The van der Waals surface area contributed by atoms with Crippen LogP contribution in [-0.2, 0) is 6.42 Å². The molecule has 0 bridgehead atoms. The van der Waals surface area contributed by atoms with E-state index in [0.717, 1.165) is 12.2 Å². The molecule has 0 atom stereocenters. The van der Waals surface area contributed by atoms with Crippen molar-refractivity contribution in [1.82, 2.24) is 9.97 Å². The molecule has 0 spiro atoms. The Labute approximate surface area is 82.5 Å². The predicted molar refractivity (Wildman–Crippen MR) is 52.1 cm³/mol. The number of aldehydes is 1. The van der Waals surface area contributed by atoms with Crippen molar-refractivity contribution < 1.29 is 4.79 Å². The lowest BCUT2D eigenvalue weighted by Gasteiger charge is -2.15. The zero-order valence-electron chi connectivity index (χ0n) is 8.02. The molecule has 3 nitrogen and oxygen atoms in total. The minimum absolute atomic E-state index is 0.140. The van der Waals surface area contributed by atoms with Gasteiger partial charge in [0.25, 0.3) is 0 Å². The number of H-pyrrole nitrogens is 1. The molecular weight excluding hydrogens is 188 g/mol. The summed E-state index contributed by atoms with van der Waals surface area (Å²) in [6, 6.07) is 0. The van der Waals surface area contributed by atoms with E-state index in [9.17, 15) is 4.79 Å². The van der Waals surface area contributed by atoms with Gasteiger partial charge in [0.1, 0.15) is 16.7 Å². The molecule has 1 N–H and O–H groups in total. The average molecular weight is 201 g/mol. The summed E-state index contributed by atoms with van der Waals surface area (Å²) in [4.78, 5) is 17.4. The van der Waals surface area contributed by atoms with Gasteiger partial charge >= 0.3 is 0 Å². The quantitative estimate of drug-likeness (QED) is 0.746. The lowest BCUT2D eigenvalue weighted by molar-refractivity contribution is 0.111. The van der Waals surface area contributed by atoms with Crippen molar-refractivity contribution in [2.45, 2.75) is 27.2 Å². The standard InChI is InChI=1S/C9H13ClN2O/c1-9(2,3)4-7-11-6(5-13)8(10)12-7/h5H,4H2,1-3H3,(H,11,12). The summed E-state index contributed by atoms with van der Waals surface area (Å²) in [6.07, 6.45) is 1.44. The smallest absolute Gasteiger partial charge is 0.171 e. The first-order valence-corrected chi connectivity index (χ1v) is 4.50. The number of hydrogen-bond acceptors (Lipinski definition) is 2. The Morgan fingerprint density at radius 2 is 2.15 bits per heavy atom. The SMILES string of the molecule is CC(C)(C)Cc1nc(C=O)c(Cl)[nH]1. The number of halogens is 1. The highest BCUT2D eigenvalue weighted by molar-refractivity contribution is 6.31. The average Bonchev–Trinajstić information content (AvgIpc) is 2.26. The van der Waals surface area contributed by atoms with Crippen LogP contribution in [0.4, 0.5) is 0 Å². The Balaban J connectivity index is 2.85. The molecule has 0 radical (unpaired) electrons. The second-order valence-corrected chi connectivity index (χ2v) is 4.62. The van der Waals surface area contributed by atoms with Gasteiger partial charge in [-0.2, -0.15) is 0 Å². The number of imidazole rings is 1. The molecule has 0 aliphatic heterocycles. The van der Waals surface area contributed by atoms with Crippen LogP contribution < -0.4 is 0 Å². The van der Waals surface area contributed by atoms with Gasteiger partial charge < -0.3 is 4.98 Å². The van der Waals surface area contributed by atoms with E-state index in [-0.39, 0.29) is 5.41 Å². The Kier molecular flexibility index (Phi) is 2.76. The molecule has 0 aliphatic rings. The summed E-state index contributed by atoms with van der Waals surface area (Å²) in [6.45, 7) is 6.30. The molecule has 0 saturated heterocycles. The van der Waals surface area contributed by atoms with Crippen LogP contribution >= 0.6 is 11.6 Å². The summed E-state index contributed by atoms with van der Waals surface area (Å²) in [5, 5.41) is 0.328. The van der Waals surface area contributed by atoms with E-state index >= 15 is 0 Å². The Morgan fingerprint density at radius 1 is 1.54 bits per heavy atom. The van der Waals surface area contributed by atoms with Crippen LogP contribution in [-0.4, -0.2) is 16.3 Å². The summed E-state index contributed by atoms with van der Waals surface area (Å²) in [5.74, 6) is 0.764. The third kappa shape index (κ3) is 2.84. The number of rotatable bonds is 2. The number of nitrogens with zero attached hydrogens (tertiary/aromatic N) is 1. The molecule has 1 aromatic heterocycles. The monoisotopic (exact) mass is 200 g/mol. The van der Waals surface area contributed by atoms with Crippen LogP contribution in [0, 0.1) is 5.41 Å². The van der Waals surface area contributed by atoms with E-state index in [1.54, 1.807) is 0 Å². The number of aromatic nitrogens is 2. The number of aromatic amines is 1. The van der Waals surface area contributed by atoms with Crippen LogP contribution in [0.5, 0.6) is 0 Å². The predicted octanol–water partition coefficient (Wildman–Crippen LogP) is 2.46. The molecule has 1 aromatic rings. The first-order valence-electron chi connectivity index (χ1n) is 4.12. The Hall–Kier alpha value is -0.830. The van der Waals surface area contributed by atoms with Crippen LogP contribution in [0.1, 0.15) is 37.1 Å². The molecule has 13 heavy (non-hydrogen) atoms. The fourth-order valence-electron chi connectivity index (χ4n) is 1.08. The van der Waals surface area contributed by atoms with Gasteiger partial charge in [-0.3, -0.25) is 4.79 Å². The highest BCUT2D eigenvalue weighted by atomic mass is 35.5. The maximum absolute atomic E-state index is 10.4. The minimum Gasteiger partial charge on any atom is -0.332 e. The Morgan fingerprint density at radius 3 is 2.54 bits per heavy atom. The van der Waals surface area contributed by atoms with Gasteiger partial charge in [-0.25, -0.2) is 4.98 Å². The Bertz CT molecular complexity index is 312. The number of hydrogen-bond donors (Lipinski definition) is 1. The van der Waals surface area contributed by atoms with Crippen molar-refractivity contribution in [2.75, 3.05) is 0 Å². The molecule has 1 heterocycles. The zero-order valence-corrected chi connectivity index (χ0v) is 8.77. The van der Waals surface area contributed by atoms with Gasteiger partial charge in [-0.15, -0.1) is 0 Å². The summed E-state index contributed by atoms with van der Waals surface area (Å²) >= 11 is 5.72. The van der Waals surface area contributed by atoms with E-state index in [4.69, 9.17) is 11.6 Å². The van der Waals surface area contributed by atoms with Crippen molar-refractivity contribution in [3.8, 4) is 0 Å². The first-order chi connectivity index (χ1) is 5.92. The second-order valence-electron chi connectivity index (χ2n) is 4.24. The largest absolute Gasteiger partial charge is 0.332 e. The van der Waals surface area contributed by atoms with E-state index in [2.05, 4.69) is 30.7 Å². The lowest BCUT2D eigenvalue weighted by Crippen LogP contribution is -2.10. The van der Waals surface area contributed by atoms with Crippen LogP contribution in [0.25, 0.3) is 0 Å². The fourth-order valence-corrected chi connectivity index (χ4v) is 1.27. The van der Waals surface area contributed by atoms with E-state index < -0.39 is 0 Å². The van der Waals surface area contributed by atoms with Gasteiger partial charge in [0, 0.05) is 6.42 Å². The van der Waals surface area contributed by atoms with E-state index in [1.165, 1.54) is 0 Å². The van der Waals surface area contributed by atoms with Crippen LogP contribution in [0.3, 0.4) is 0 Å². The zero-order chi connectivity index (χ0) is 10.1. The molecule has 0 saturated carbocycles. The van der Waals surface area contributed by atoms with Gasteiger partial charge in [0.15, 0.2) is 6.29 Å². The van der Waals surface area contributed by atoms with Crippen LogP contribution in [0.15, 0.2) is 0 Å². The van der Waals surface area contributed by atoms with Crippen molar-refractivity contribution in [1.29, 1.82) is 0 Å². The number of carbonyl (C=O) groups is 1. The van der Waals surface area contributed by atoms with E-state index in [1.807, 2.05) is 0 Å². The third-order valence-corrected chi connectivity index (χ3v) is 1.83. The number of nitrogens with one attached hydrogen (secondary N) is 1. The fraction of sp³-hybridized carbons (Fsp3) is 0.556. The molecule has 0 aromatic carbocycles.